The molecular weight excluding hydrogens is 428 g/mol. The molecule has 1 amide bonds. The third-order valence-electron chi connectivity index (χ3n) is 6.94. The van der Waals surface area contributed by atoms with Gasteiger partial charge in [0.05, 0.1) is 11.7 Å². The van der Waals surface area contributed by atoms with E-state index in [9.17, 15) is 4.79 Å². The van der Waals surface area contributed by atoms with Gasteiger partial charge in [-0.1, -0.05) is 0 Å². The zero-order valence-electron chi connectivity index (χ0n) is 19.3. The van der Waals surface area contributed by atoms with Crippen LogP contribution in [0.3, 0.4) is 0 Å². The van der Waals surface area contributed by atoms with Gasteiger partial charge in [-0.05, 0) is 56.9 Å². The maximum Gasteiger partial charge on any atom is 0.273 e. The Bertz CT molecular complexity index is 1380. The summed E-state index contributed by atoms with van der Waals surface area (Å²) in [6.45, 7) is 4.49. The highest BCUT2D eigenvalue weighted by Gasteiger charge is 2.32. The minimum Gasteiger partial charge on any atom is -0.355 e. The van der Waals surface area contributed by atoms with Gasteiger partial charge in [0.25, 0.3) is 5.91 Å². The lowest BCUT2D eigenvalue weighted by Gasteiger charge is -2.34. The van der Waals surface area contributed by atoms with E-state index in [1.807, 2.05) is 39.9 Å². The summed E-state index contributed by atoms with van der Waals surface area (Å²) >= 11 is 0. The van der Waals surface area contributed by atoms with Gasteiger partial charge >= 0.3 is 0 Å². The zero-order chi connectivity index (χ0) is 23.2. The van der Waals surface area contributed by atoms with E-state index in [1.165, 1.54) is 0 Å². The molecule has 4 aromatic heterocycles. The quantitative estimate of drug-likeness (QED) is 0.505. The number of fused-ring (bicyclic) bond motifs is 2. The SMILES string of the molecule is Cc1cn2nc([C@@H]3CCCCN3C(=O)c3ccc4cccnc4n3)cc2nc1N1CCC(N)C1. The summed E-state index contributed by atoms with van der Waals surface area (Å²) in [5.41, 5.74) is 9.86. The van der Waals surface area contributed by atoms with E-state index < -0.39 is 0 Å². The van der Waals surface area contributed by atoms with Crippen molar-refractivity contribution in [2.24, 2.45) is 5.73 Å². The van der Waals surface area contributed by atoms with Crippen molar-refractivity contribution < 1.29 is 4.79 Å². The predicted molar refractivity (Wildman–Crippen MR) is 130 cm³/mol. The second-order valence-corrected chi connectivity index (χ2v) is 9.37. The fraction of sp³-hybridized carbons (Fsp3) is 0.400. The van der Waals surface area contributed by atoms with Crippen LogP contribution in [0.15, 0.2) is 42.7 Å². The number of anilines is 1. The molecule has 34 heavy (non-hydrogen) atoms. The molecule has 2 aliphatic heterocycles. The first kappa shape index (κ1) is 21.0. The Kier molecular flexibility index (Phi) is 5.13. The number of nitrogens with zero attached hydrogens (tertiary/aromatic N) is 7. The summed E-state index contributed by atoms with van der Waals surface area (Å²) in [5.74, 6) is 0.890. The molecule has 2 atom stereocenters. The molecular formula is C25H28N8O. The Morgan fingerprint density at radius 2 is 2.03 bits per heavy atom. The van der Waals surface area contributed by atoms with Crippen molar-refractivity contribution in [1.82, 2.24) is 29.5 Å². The van der Waals surface area contributed by atoms with E-state index in [-0.39, 0.29) is 18.0 Å². The molecule has 4 aromatic rings. The number of hydrogen-bond donors (Lipinski definition) is 1. The second-order valence-electron chi connectivity index (χ2n) is 9.37. The van der Waals surface area contributed by atoms with Crippen molar-refractivity contribution in [3.8, 4) is 0 Å². The molecule has 0 aliphatic carbocycles. The Morgan fingerprint density at radius 3 is 2.88 bits per heavy atom. The van der Waals surface area contributed by atoms with Crippen LogP contribution in [0.25, 0.3) is 16.7 Å². The Labute approximate surface area is 197 Å². The number of pyridine rings is 2. The topological polar surface area (TPSA) is 106 Å². The molecule has 0 radical (unpaired) electrons. The highest BCUT2D eigenvalue weighted by Crippen LogP contribution is 2.32. The Hall–Kier alpha value is -3.59. The molecule has 9 nitrogen and oxygen atoms in total. The third-order valence-corrected chi connectivity index (χ3v) is 6.94. The van der Waals surface area contributed by atoms with E-state index in [1.54, 1.807) is 12.3 Å². The highest BCUT2D eigenvalue weighted by molar-refractivity contribution is 5.94. The van der Waals surface area contributed by atoms with Gasteiger partial charge in [-0.3, -0.25) is 4.79 Å². The van der Waals surface area contributed by atoms with Gasteiger partial charge in [0.15, 0.2) is 11.3 Å². The van der Waals surface area contributed by atoms with Gasteiger partial charge in [-0.15, -0.1) is 0 Å². The average molecular weight is 457 g/mol. The van der Waals surface area contributed by atoms with Crippen molar-refractivity contribution in [1.29, 1.82) is 0 Å². The summed E-state index contributed by atoms with van der Waals surface area (Å²) in [6, 6.07) is 9.62. The smallest absolute Gasteiger partial charge is 0.273 e. The lowest BCUT2D eigenvalue weighted by molar-refractivity contribution is 0.0600. The number of carbonyl (C=O) groups excluding carboxylic acids is 1. The van der Waals surface area contributed by atoms with Crippen molar-refractivity contribution in [3.05, 3.63) is 59.7 Å². The summed E-state index contributed by atoms with van der Waals surface area (Å²) in [6.07, 6.45) is 7.60. The van der Waals surface area contributed by atoms with E-state index in [2.05, 4.69) is 21.8 Å². The van der Waals surface area contributed by atoms with Crippen LogP contribution in [0.2, 0.25) is 0 Å². The van der Waals surface area contributed by atoms with Crippen LogP contribution in [-0.2, 0) is 0 Å². The fourth-order valence-electron chi connectivity index (χ4n) is 5.18. The monoisotopic (exact) mass is 456 g/mol. The first-order valence-electron chi connectivity index (χ1n) is 12.0. The number of hydrogen-bond acceptors (Lipinski definition) is 7. The predicted octanol–water partition coefficient (Wildman–Crippen LogP) is 2.89. The molecule has 174 valence electrons. The number of carbonyl (C=O) groups is 1. The normalized spacial score (nSPS) is 21.0. The van der Waals surface area contributed by atoms with Crippen molar-refractivity contribution in [3.63, 3.8) is 0 Å². The van der Waals surface area contributed by atoms with Crippen LogP contribution in [0.4, 0.5) is 5.82 Å². The third kappa shape index (κ3) is 3.66. The molecule has 0 spiro atoms. The van der Waals surface area contributed by atoms with Crippen LogP contribution >= 0.6 is 0 Å². The summed E-state index contributed by atoms with van der Waals surface area (Å²) in [4.78, 5) is 31.5. The van der Waals surface area contributed by atoms with Gasteiger partial charge in [-0.25, -0.2) is 19.5 Å². The number of likely N-dealkylation sites (tertiary alicyclic amines) is 1. The molecule has 6 heterocycles. The molecule has 2 aliphatic rings. The molecule has 1 unspecified atom stereocenters. The van der Waals surface area contributed by atoms with Crippen molar-refractivity contribution >= 4 is 28.4 Å². The van der Waals surface area contributed by atoms with E-state index >= 15 is 0 Å². The van der Waals surface area contributed by atoms with Crippen LogP contribution in [0.5, 0.6) is 0 Å². The number of nitrogens with two attached hydrogens (primary N) is 1. The minimum absolute atomic E-state index is 0.0785. The Morgan fingerprint density at radius 1 is 1.12 bits per heavy atom. The number of rotatable bonds is 3. The minimum atomic E-state index is -0.104. The second kappa shape index (κ2) is 8.32. The molecule has 0 aromatic carbocycles. The van der Waals surface area contributed by atoms with Gasteiger partial charge < -0.3 is 15.5 Å². The number of piperidine rings is 1. The van der Waals surface area contributed by atoms with E-state index in [0.29, 0.717) is 17.9 Å². The molecule has 6 rings (SSSR count). The zero-order valence-corrected chi connectivity index (χ0v) is 19.3. The maximum atomic E-state index is 13.5. The van der Waals surface area contributed by atoms with E-state index in [0.717, 1.165) is 66.9 Å². The molecule has 0 bridgehead atoms. The highest BCUT2D eigenvalue weighted by atomic mass is 16.2. The molecule has 2 fully saturated rings. The van der Waals surface area contributed by atoms with Crippen LogP contribution in [0, 0.1) is 6.92 Å². The van der Waals surface area contributed by atoms with Crippen LogP contribution in [0.1, 0.15) is 53.5 Å². The molecule has 9 heteroatoms. The van der Waals surface area contributed by atoms with Gasteiger partial charge in [-0.2, -0.15) is 5.10 Å². The van der Waals surface area contributed by atoms with E-state index in [4.69, 9.17) is 15.8 Å². The van der Waals surface area contributed by atoms with Gasteiger partial charge in [0.2, 0.25) is 0 Å². The fourth-order valence-corrected chi connectivity index (χ4v) is 5.18. The van der Waals surface area contributed by atoms with Crippen molar-refractivity contribution in [2.75, 3.05) is 24.5 Å². The maximum absolute atomic E-state index is 13.5. The number of aryl methyl sites for hydroxylation is 1. The van der Waals surface area contributed by atoms with Crippen LogP contribution < -0.4 is 10.6 Å². The summed E-state index contributed by atoms with van der Waals surface area (Å²) in [7, 11) is 0. The standard InChI is InChI=1S/C25H28N8O/c1-16-14-33-22(29-24(16)31-12-9-18(26)15-31)13-20(30-33)21-6-2-3-11-32(21)25(34)19-8-7-17-5-4-10-27-23(17)28-19/h4-5,7-8,10,13-14,18,21H,2-3,6,9,11-12,15,26H2,1H3/t18?,21-/m0/s1. The number of aromatic nitrogens is 5. The molecule has 2 N–H and O–H groups in total. The van der Waals surface area contributed by atoms with Gasteiger partial charge in [0.1, 0.15) is 11.5 Å². The van der Waals surface area contributed by atoms with Crippen molar-refractivity contribution in [2.45, 2.75) is 44.7 Å². The lowest BCUT2D eigenvalue weighted by Crippen LogP contribution is -2.39. The first-order chi connectivity index (χ1) is 16.6. The van der Waals surface area contributed by atoms with Gasteiger partial charge in [0, 0.05) is 55.1 Å². The largest absolute Gasteiger partial charge is 0.355 e. The summed E-state index contributed by atoms with van der Waals surface area (Å²) < 4.78 is 1.83. The lowest BCUT2D eigenvalue weighted by atomic mass is 9.99. The molecule has 0 saturated carbocycles. The summed E-state index contributed by atoms with van der Waals surface area (Å²) in [5, 5.41) is 5.76. The average Bonchev–Trinajstić information content (AvgIpc) is 3.48. The molecule has 2 saturated heterocycles. The first-order valence-corrected chi connectivity index (χ1v) is 12.0. The van der Waals surface area contributed by atoms with Crippen LogP contribution in [-0.4, -0.2) is 61.0 Å². The Balaban J connectivity index is 1.33. The number of amides is 1.